The van der Waals surface area contributed by atoms with E-state index in [1.165, 1.54) is 0 Å². The van der Waals surface area contributed by atoms with Crippen LogP contribution in [0.15, 0.2) is 48.5 Å². The van der Waals surface area contributed by atoms with E-state index in [1.807, 2.05) is 75.6 Å². The summed E-state index contributed by atoms with van der Waals surface area (Å²) in [4.78, 5) is 41.8. The maximum absolute atomic E-state index is 13.9. The standard InChI is InChI=1S/C29H41N3O4S/c1-8-32(27(34)24(17-18-37-7)31-28(35)36-29(4,5)6)25(23-16-12-13-20(2)21(23)3)26(33)30-19-22-14-10-9-11-15-22/h9-16,24-25H,8,17-19H2,1-7H3,(H,30,33)(H,31,35). The molecule has 0 aromatic heterocycles. The van der Waals surface area contributed by atoms with Crippen LogP contribution in [0.3, 0.4) is 0 Å². The molecule has 0 aliphatic heterocycles. The third-order valence-electron chi connectivity index (χ3n) is 6.03. The van der Waals surface area contributed by atoms with E-state index in [1.54, 1.807) is 37.4 Å². The minimum absolute atomic E-state index is 0.270. The van der Waals surface area contributed by atoms with Crippen molar-refractivity contribution in [2.75, 3.05) is 18.6 Å². The molecular formula is C29H41N3O4S. The molecule has 2 aromatic carbocycles. The van der Waals surface area contributed by atoms with Crippen molar-refractivity contribution >= 4 is 29.7 Å². The lowest BCUT2D eigenvalue weighted by atomic mass is 9.95. The Morgan fingerprint density at radius 3 is 2.30 bits per heavy atom. The summed E-state index contributed by atoms with van der Waals surface area (Å²) >= 11 is 1.59. The van der Waals surface area contributed by atoms with Crippen LogP contribution in [0.25, 0.3) is 0 Å². The van der Waals surface area contributed by atoms with Crippen molar-refractivity contribution in [1.82, 2.24) is 15.5 Å². The van der Waals surface area contributed by atoms with Gasteiger partial charge in [-0.1, -0.05) is 48.5 Å². The summed E-state index contributed by atoms with van der Waals surface area (Å²) in [7, 11) is 0. The molecule has 2 atom stereocenters. The average molecular weight is 528 g/mol. The van der Waals surface area contributed by atoms with Crippen molar-refractivity contribution in [2.24, 2.45) is 0 Å². The lowest BCUT2D eigenvalue weighted by molar-refractivity contribution is -0.142. The predicted molar refractivity (Wildman–Crippen MR) is 150 cm³/mol. The number of hydrogen-bond acceptors (Lipinski definition) is 5. The number of likely N-dealkylation sites (N-methyl/N-ethyl adjacent to an activating group) is 1. The van der Waals surface area contributed by atoms with Crippen molar-refractivity contribution < 1.29 is 19.1 Å². The number of nitrogens with zero attached hydrogens (tertiary/aromatic N) is 1. The highest BCUT2D eigenvalue weighted by molar-refractivity contribution is 7.98. The number of rotatable bonds is 11. The summed E-state index contributed by atoms with van der Waals surface area (Å²) in [6.07, 6.45) is 1.71. The molecule has 2 N–H and O–H groups in total. The van der Waals surface area contributed by atoms with Crippen molar-refractivity contribution in [2.45, 2.75) is 72.2 Å². The minimum atomic E-state index is -0.849. The maximum atomic E-state index is 13.9. The fourth-order valence-corrected chi connectivity index (χ4v) is 4.48. The van der Waals surface area contributed by atoms with E-state index in [0.717, 1.165) is 22.3 Å². The van der Waals surface area contributed by atoms with Gasteiger partial charge in [-0.15, -0.1) is 0 Å². The van der Waals surface area contributed by atoms with Crippen LogP contribution in [-0.2, 0) is 20.9 Å². The Balaban J connectivity index is 2.42. The van der Waals surface area contributed by atoms with E-state index in [-0.39, 0.29) is 11.8 Å². The molecule has 3 amide bonds. The number of carbonyl (C=O) groups is 3. The summed E-state index contributed by atoms with van der Waals surface area (Å²) in [5.74, 6) is 0.0785. The topological polar surface area (TPSA) is 87.7 Å². The molecule has 8 heteroatoms. The van der Waals surface area contributed by atoms with Crippen molar-refractivity contribution in [3.63, 3.8) is 0 Å². The van der Waals surface area contributed by atoms with Gasteiger partial charge in [-0.3, -0.25) is 9.59 Å². The Morgan fingerprint density at radius 1 is 1.03 bits per heavy atom. The number of hydrogen-bond donors (Lipinski definition) is 2. The van der Waals surface area contributed by atoms with Gasteiger partial charge in [-0.25, -0.2) is 4.79 Å². The molecule has 0 spiro atoms. The molecule has 0 heterocycles. The van der Waals surface area contributed by atoms with Crippen LogP contribution in [0.2, 0.25) is 0 Å². The lowest BCUT2D eigenvalue weighted by Crippen LogP contribution is -2.53. The van der Waals surface area contributed by atoms with Crippen LogP contribution < -0.4 is 10.6 Å². The van der Waals surface area contributed by atoms with E-state index in [4.69, 9.17) is 4.74 Å². The quantitative estimate of drug-likeness (QED) is 0.422. The minimum Gasteiger partial charge on any atom is -0.444 e. The van der Waals surface area contributed by atoms with Gasteiger partial charge in [-0.2, -0.15) is 11.8 Å². The second-order valence-corrected chi connectivity index (χ2v) is 11.0. The number of thioether (sulfide) groups is 1. The smallest absolute Gasteiger partial charge is 0.408 e. The van der Waals surface area contributed by atoms with Crippen LogP contribution in [-0.4, -0.2) is 53.0 Å². The van der Waals surface area contributed by atoms with Gasteiger partial charge in [0.1, 0.15) is 17.7 Å². The van der Waals surface area contributed by atoms with E-state index >= 15 is 0 Å². The molecule has 0 fully saturated rings. The van der Waals surface area contributed by atoms with Gasteiger partial charge in [0, 0.05) is 13.1 Å². The zero-order chi connectivity index (χ0) is 27.6. The summed E-state index contributed by atoms with van der Waals surface area (Å²) in [5.41, 5.74) is 3.03. The Bertz CT molecular complexity index is 1050. The Labute approximate surface area is 225 Å². The molecule has 0 bridgehead atoms. The zero-order valence-corrected chi connectivity index (χ0v) is 23.9. The molecule has 0 saturated heterocycles. The van der Waals surface area contributed by atoms with Crippen LogP contribution in [0.4, 0.5) is 4.79 Å². The van der Waals surface area contributed by atoms with E-state index < -0.39 is 23.8 Å². The first kappa shape index (κ1) is 30.2. The normalized spacial score (nSPS) is 12.8. The van der Waals surface area contributed by atoms with Gasteiger partial charge in [0.15, 0.2) is 0 Å². The van der Waals surface area contributed by atoms with E-state index in [0.29, 0.717) is 25.3 Å². The zero-order valence-electron chi connectivity index (χ0n) is 23.1. The van der Waals surface area contributed by atoms with Gasteiger partial charge in [0.2, 0.25) is 11.8 Å². The van der Waals surface area contributed by atoms with Gasteiger partial charge in [-0.05, 0) is 82.2 Å². The van der Waals surface area contributed by atoms with Gasteiger partial charge in [0.05, 0.1) is 0 Å². The van der Waals surface area contributed by atoms with Crippen molar-refractivity contribution in [3.8, 4) is 0 Å². The molecule has 2 aromatic rings. The first-order valence-electron chi connectivity index (χ1n) is 12.6. The first-order valence-corrected chi connectivity index (χ1v) is 14.0. The predicted octanol–water partition coefficient (Wildman–Crippen LogP) is 5.16. The molecule has 2 rings (SSSR count). The molecule has 2 unspecified atom stereocenters. The van der Waals surface area contributed by atoms with Gasteiger partial charge >= 0.3 is 6.09 Å². The van der Waals surface area contributed by atoms with Gasteiger partial charge in [0.25, 0.3) is 0 Å². The van der Waals surface area contributed by atoms with E-state index in [9.17, 15) is 14.4 Å². The fraction of sp³-hybridized carbons (Fsp3) is 0.483. The Kier molecular flexibility index (Phi) is 11.5. The number of carbonyl (C=O) groups excluding carboxylic acids is 3. The lowest BCUT2D eigenvalue weighted by Gasteiger charge is -2.34. The number of alkyl carbamates (subject to hydrolysis) is 1. The summed E-state index contributed by atoms with van der Waals surface area (Å²) < 4.78 is 5.42. The van der Waals surface area contributed by atoms with Crippen molar-refractivity contribution in [1.29, 1.82) is 0 Å². The van der Waals surface area contributed by atoms with Crippen LogP contribution >= 0.6 is 11.8 Å². The molecule has 0 aliphatic carbocycles. The number of nitrogens with one attached hydrogen (secondary N) is 2. The molecule has 202 valence electrons. The Morgan fingerprint density at radius 2 is 1.70 bits per heavy atom. The number of aryl methyl sites for hydroxylation is 1. The highest BCUT2D eigenvalue weighted by atomic mass is 32.2. The largest absolute Gasteiger partial charge is 0.444 e. The molecule has 0 radical (unpaired) electrons. The maximum Gasteiger partial charge on any atom is 0.408 e. The Hall–Kier alpha value is -3.00. The first-order chi connectivity index (χ1) is 17.5. The summed E-state index contributed by atoms with van der Waals surface area (Å²) in [5, 5.41) is 5.77. The third-order valence-corrected chi connectivity index (χ3v) is 6.68. The highest BCUT2D eigenvalue weighted by Crippen LogP contribution is 2.27. The second-order valence-electron chi connectivity index (χ2n) is 10.00. The summed E-state index contributed by atoms with van der Waals surface area (Å²) in [6.45, 7) is 11.8. The fourth-order valence-electron chi connectivity index (χ4n) is 4.01. The van der Waals surface area contributed by atoms with Crippen molar-refractivity contribution in [3.05, 3.63) is 70.8 Å². The average Bonchev–Trinajstić information content (AvgIpc) is 2.84. The van der Waals surface area contributed by atoms with Crippen LogP contribution in [0, 0.1) is 13.8 Å². The third kappa shape index (κ3) is 9.11. The SMILES string of the molecule is CCN(C(=O)C(CCSC)NC(=O)OC(C)(C)C)C(C(=O)NCc1ccccc1)c1cccc(C)c1C. The number of ether oxygens (including phenoxy) is 1. The number of amides is 3. The number of benzene rings is 2. The van der Waals surface area contributed by atoms with E-state index in [2.05, 4.69) is 10.6 Å². The molecular weight excluding hydrogens is 486 g/mol. The monoisotopic (exact) mass is 527 g/mol. The summed E-state index contributed by atoms with van der Waals surface area (Å²) in [6, 6.07) is 13.8. The van der Waals surface area contributed by atoms with Crippen LogP contribution in [0.1, 0.15) is 62.4 Å². The second kappa shape index (κ2) is 14.1. The highest BCUT2D eigenvalue weighted by Gasteiger charge is 2.36. The molecule has 37 heavy (non-hydrogen) atoms. The van der Waals surface area contributed by atoms with Crippen LogP contribution in [0.5, 0.6) is 0 Å². The molecule has 0 aliphatic rings. The van der Waals surface area contributed by atoms with Gasteiger partial charge < -0.3 is 20.3 Å². The molecule has 7 nitrogen and oxygen atoms in total. The molecule has 0 saturated carbocycles.